The first-order valence-electron chi connectivity index (χ1n) is 48.0. The van der Waals surface area contributed by atoms with Crippen molar-refractivity contribution in [2.45, 2.75) is 233 Å². The number of hydrogen-bond donors (Lipinski definition) is 0. The zero-order valence-corrected chi connectivity index (χ0v) is 87.2. The minimum absolute atomic E-state index is 0.274. The molecule has 0 fully saturated rings. The van der Waals surface area contributed by atoms with Gasteiger partial charge in [0.15, 0.2) is 31.0 Å². The van der Waals surface area contributed by atoms with E-state index in [1.54, 1.807) is 0 Å². The van der Waals surface area contributed by atoms with E-state index in [9.17, 15) is 0 Å². The molecule has 0 spiro atoms. The van der Waals surface area contributed by atoms with Crippen LogP contribution in [0.1, 0.15) is 209 Å². The molecule has 0 N–H and O–H groups in total. The third-order valence-electron chi connectivity index (χ3n) is 26.7. The van der Waals surface area contributed by atoms with Gasteiger partial charge in [0, 0.05) is 86.5 Å². The summed E-state index contributed by atoms with van der Waals surface area (Å²) in [5.41, 5.74) is 59.1. The van der Waals surface area contributed by atoms with Crippen molar-refractivity contribution >= 4 is 0 Å². The lowest BCUT2D eigenvalue weighted by atomic mass is 9.85. The average Bonchev–Trinajstić information content (AvgIpc) is 0.778. The Balaban J connectivity index is 0.000000159. The van der Waals surface area contributed by atoms with Crippen LogP contribution in [-0.4, -0.2) is 0 Å². The molecule has 0 saturated heterocycles. The second kappa shape index (κ2) is 42.7. The fraction of sp³-hybridized carbons (Fsp3) is 0.331. The van der Waals surface area contributed by atoms with Gasteiger partial charge < -0.3 is 0 Å². The quantitative estimate of drug-likeness (QED) is 0.0912. The molecule has 132 heavy (non-hydrogen) atoms. The third-order valence-corrected chi connectivity index (χ3v) is 26.7. The van der Waals surface area contributed by atoms with Crippen molar-refractivity contribution in [2.24, 2.45) is 52.0 Å². The Kier molecular flexibility index (Phi) is 32.5. The molecule has 0 amide bonds. The van der Waals surface area contributed by atoms with Gasteiger partial charge in [-0.2, -0.15) is 0 Å². The van der Waals surface area contributed by atoms with Crippen molar-refractivity contribution in [3.63, 3.8) is 0 Å². The summed E-state index contributed by atoms with van der Waals surface area (Å²) in [4.78, 5) is 0. The van der Waals surface area contributed by atoms with E-state index in [1.807, 2.05) is 0 Å². The highest BCUT2D eigenvalue weighted by molar-refractivity contribution is 5.83. The van der Waals surface area contributed by atoms with E-state index in [4.69, 9.17) is 0 Å². The molecule has 0 atom stereocenters. The minimum Gasteiger partial charge on any atom is -0.201 e. The van der Waals surface area contributed by atoms with Crippen LogP contribution in [-0.2, 0) is 54.5 Å². The van der Waals surface area contributed by atoms with Gasteiger partial charge in [0.2, 0.25) is 28.5 Å². The molecule has 5 nitrogen and oxygen atoms in total. The summed E-state index contributed by atoms with van der Waals surface area (Å²) in [5.74, 6) is 1.18. The predicted molar refractivity (Wildman–Crippen MR) is 566 cm³/mol. The van der Waals surface area contributed by atoms with Gasteiger partial charge in [-0.1, -0.05) is 226 Å². The van der Waals surface area contributed by atoms with Gasteiger partial charge >= 0.3 is 0 Å². The van der Waals surface area contributed by atoms with E-state index in [-0.39, 0.29) is 10.8 Å². The number of benzene rings is 10. The average molecular weight is 1750 g/mol. The number of aromatic nitrogens is 5. The fourth-order valence-electron chi connectivity index (χ4n) is 19.4. The van der Waals surface area contributed by atoms with Crippen LogP contribution >= 0.6 is 0 Å². The number of rotatable bonds is 15. The molecule has 682 valence electrons. The zero-order chi connectivity index (χ0) is 96.6. The molecule has 15 aromatic rings. The summed E-state index contributed by atoms with van der Waals surface area (Å²) in [6, 6.07) is 81.1. The summed E-state index contributed by atoms with van der Waals surface area (Å²) in [6.07, 6.45) is 14.5. The lowest BCUT2D eigenvalue weighted by Gasteiger charge is -2.20. The molecule has 0 bridgehead atoms. The van der Waals surface area contributed by atoms with Crippen LogP contribution < -0.4 is 22.8 Å². The molecule has 5 heterocycles. The van der Waals surface area contributed by atoms with Crippen LogP contribution in [0.15, 0.2) is 249 Å². The van der Waals surface area contributed by atoms with E-state index >= 15 is 0 Å². The Morgan fingerprint density at radius 2 is 0.523 bits per heavy atom. The molecule has 10 aromatic carbocycles. The van der Waals surface area contributed by atoms with Crippen LogP contribution in [0.2, 0.25) is 0 Å². The predicted octanol–water partition coefficient (Wildman–Crippen LogP) is 30.9. The van der Waals surface area contributed by atoms with Gasteiger partial charge in [-0.05, 0) is 372 Å². The SMILES string of the molecule is Cc1c[n+](C)c(-c2cc(-c3ccccc3C)c(C)cc2C)cc1CC(C)(C)C.Cc1c[n+](C)c(-c2cc(-c3ccccc3C)c(C)cc2C)cc1CC(C)C.Cc1cc(-c2cc(-c3ccccc3C)c(C)cc2C)[n+](C)cc1C.Cc1ccc(-c2cc(-c3cc(CC(C)(C)C)cc[n+]3C)c(C)cc2C)cc1.Cc1ccccc1-c1cc(-c2cc(C(C)C)c(C)c[n+]2C)c(C)cc1C. The van der Waals surface area contributed by atoms with Crippen molar-refractivity contribution in [1.82, 2.24) is 0 Å². The van der Waals surface area contributed by atoms with Crippen LogP contribution in [0.4, 0.5) is 0 Å². The van der Waals surface area contributed by atoms with Gasteiger partial charge in [-0.25, -0.2) is 22.8 Å². The lowest BCUT2D eigenvalue weighted by Crippen LogP contribution is -2.32. The number of pyridine rings is 5. The highest BCUT2D eigenvalue weighted by Gasteiger charge is 2.27. The van der Waals surface area contributed by atoms with Gasteiger partial charge in [0.25, 0.3) is 0 Å². The summed E-state index contributed by atoms with van der Waals surface area (Å²) >= 11 is 0. The van der Waals surface area contributed by atoms with Crippen LogP contribution in [0.25, 0.3) is 112 Å². The Morgan fingerprint density at radius 3 is 0.871 bits per heavy atom. The topological polar surface area (TPSA) is 19.4 Å². The number of hydrogen-bond acceptors (Lipinski definition) is 0. The van der Waals surface area contributed by atoms with Gasteiger partial charge in [0.05, 0.1) is 0 Å². The summed E-state index contributed by atoms with van der Waals surface area (Å²) < 4.78 is 11.3. The smallest absolute Gasteiger partial charge is 0.201 e. The van der Waals surface area contributed by atoms with Gasteiger partial charge in [0.1, 0.15) is 35.2 Å². The molecular weight excluding hydrogens is 1600 g/mol. The van der Waals surface area contributed by atoms with E-state index in [1.165, 1.54) is 245 Å². The first-order chi connectivity index (χ1) is 62.1. The first-order valence-corrected chi connectivity index (χ1v) is 48.0. The third kappa shape index (κ3) is 24.4. The molecule has 0 saturated carbocycles. The van der Waals surface area contributed by atoms with E-state index in [0.29, 0.717) is 11.8 Å². The standard InChI is InChI=1S/C27H34N.2C26H32N.C25H30N.C23H26N/c1-18-11-9-10-12-23(18)24-15-25(20(3)13-19(24)2)26-14-22(16-27(5,6)7)21(4)17-28(26)8;1-18-8-10-22(11-9-18)23-16-24(20(3)14-19(23)2)25-15-21(12-13-27(25)7)17-26(4,5)6;1-17(2)12-22-14-26(27(7)16-21(22)6)25-15-24(19(4)13-20(25)5)23-11-9-8-10-18(23)3;1-16(2)22-14-25(26(7)15-20(22)6)24-13-23(18(4)12-19(24)5)21-11-9-8-10-17(21)3;1-15-9-7-8-10-20(15)21-13-22(18(4)11-17(21)3)23-12-16(2)19(5)14-24(23)6/h9-15,17H,16H2,1-8H3;8-16H,17H2,1-7H3;8-11,13-17H,12H2,1-7H3;8-16H,1-7H3;7-14H,1-6H3/q5*+1. The largest absolute Gasteiger partial charge is 0.212 e. The van der Waals surface area contributed by atoms with Crippen molar-refractivity contribution in [1.29, 1.82) is 0 Å². The van der Waals surface area contributed by atoms with Crippen molar-refractivity contribution < 1.29 is 22.8 Å². The maximum absolute atomic E-state index is 2.40. The van der Waals surface area contributed by atoms with Gasteiger partial charge in [-0.3, -0.25) is 0 Å². The summed E-state index contributed by atoms with van der Waals surface area (Å²) in [7, 11) is 10.7. The van der Waals surface area contributed by atoms with Crippen LogP contribution in [0.3, 0.4) is 0 Å². The summed E-state index contributed by atoms with van der Waals surface area (Å²) in [6.45, 7) is 67.1. The summed E-state index contributed by atoms with van der Waals surface area (Å²) in [5, 5.41) is 0. The Hall–Kier alpha value is -12.1. The lowest BCUT2D eigenvalue weighted by molar-refractivity contribution is -0.660. The molecule has 0 unspecified atom stereocenters. The Morgan fingerprint density at radius 1 is 0.227 bits per heavy atom. The molecule has 0 aliphatic heterocycles. The molecule has 5 heteroatoms. The van der Waals surface area contributed by atoms with Crippen LogP contribution in [0.5, 0.6) is 0 Å². The second-order valence-electron chi connectivity index (χ2n) is 41.8. The van der Waals surface area contributed by atoms with E-state index in [2.05, 4.69) is 515 Å². The van der Waals surface area contributed by atoms with Crippen molar-refractivity contribution in [3.05, 3.63) is 383 Å². The fourth-order valence-corrected chi connectivity index (χ4v) is 19.4. The molecule has 0 aliphatic rings. The molecule has 0 aliphatic carbocycles. The number of nitrogens with zero attached hydrogens (tertiary/aromatic N) is 5. The monoisotopic (exact) mass is 1750 g/mol. The Labute approximate surface area is 797 Å². The highest BCUT2D eigenvalue weighted by atomic mass is 14.9. The van der Waals surface area contributed by atoms with E-state index in [0.717, 1.165) is 19.3 Å². The van der Waals surface area contributed by atoms with Gasteiger partial charge in [-0.15, -0.1) is 0 Å². The number of aryl methyl sites for hydroxylation is 25. The maximum atomic E-state index is 2.40. The van der Waals surface area contributed by atoms with Crippen LogP contribution in [0, 0.1) is 155 Å². The Bertz CT molecular complexity index is 6720. The molecule has 15 rings (SSSR count). The first kappa shape index (κ1) is 101. The normalized spacial score (nSPS) is 11.4. The highest BCUT2D eigenvalue weighted by Crippen LogP contribution is 2.41. The molecular formula is C127H154N5+5. The molecule has 5 aromatic heterocycles. The van der Waals surface area contributed by atoms with Crippen molar-refractivity contribution in [3.8, 4) is 112 Å². The minimum atomic E-state index is 0.274. The second-order valence-corrected chi connectivity index (χ2v) is 41.8. The maximum Gasteiger partial charge on any atom is 0.212 e. The van der Waals surface area contributed by atoms with E-state index < -0.39 is 0 Å². The van der Waals surface area contributed by atoms with Crippen molar-refractivity contribution in [2.75, 3.05) is 0 Å². The zero-order valence-electron chi connectivity index (χ0n) is 87.2. The molecule has 0 radical (unpaired) electrons.